The van der Waals surface area contributed by atoms with E-state index in [2.05, 4.69) is 13.8 Å². The summed E-state index contributed by atoms with van der Waals surface area (Å²) in [6.45, 7) is 6.27. The zero-order valence-electron chi connectivity index (χ0n) is 13.9. The quantitative estimate of drug-likeness (QED) is 0.379. The Bertz CT molecular complexity index is 494. The Morgan fingerprint density at radius 1 is 1.00 bits per heavy atom. The molecule has 0 aromatic heterocycles. The molecule has 1 aromatic carbocycles. The van der Waals surface area contributed by atoms with E-state index in [0.717, 1.165) is 68.1 Å². The third-order valence-electron chi connectivity index (χ3n) is 3.79. The molecule has 0 aliphatic carbocycles. The molecule has 22 heavy (non-hydrogen) atoms. The van der Waals surface area contributed by atoms with Crippen molar-refractivity contribution in [2.24, 2.45) is 0 Å². The van der Waals surface area contributed by atoms with Crippen molar-refractivity contribution in [1.29, 1.82) is 0 Å². The van der Waals surface area contributed by atoms with Crippen LogP contribution in [0.2, 0.25) is 0 Å². The number of hydrogen-bond donors (Lipinski definition) is 2. The second-order valence-corrected chi connectivity index (χ2v) is 5.68. The fourth-order valence-corrected chi connectivity index (χ4v) is 2.78. The van der Waals surface area contributed by atoms with Gasteiger partial charge in [0.15, 0.2) is 11.5 Å². The number of benzene rings is 1. The summed E-state index contributed by atoms with van der Waals surface area (Å²) >= 11 is 0. The van der Waals surface area contributed by atoms with Gasteiger partial charge in [0, 0.05) is 5.56 Å². The molecule has 0 fully saturated rings. The number of phenols is 1. The monoisotopic (exact) mass is 308 g/mol. The molecule has 0 bridgehead atoms. The van der Waals surface area contributed by atoms with Crippen LogP contribution in [0.4, 0.5) is 4.79 Å². The van der Waals surface area contributed by atoms with E-state index in [1.165, 1.54) is 0 Å². The first-order valence-electron chi connectivity index (χ1n) is 8.32. The molecule has 2 N–H and O–H groups in total. The van der Waals surface area contributed by atoms with E-state index in [1.54, 1.807) is 0 Å². The summed E-state index contributed by atoms with van der Waals surface area (Å²) in [4.78, 5) is 10.9. The molecular formula is C18H28O4. The van der Waals surface area contributed by atoms with Gasteiger partial charge in [0.1, 0.15) is 0 Å². The standard InChI is InChI=1S/C18H28O4/c1-4-7-8-11-14-12-13(9-5-2)15(10-6-3)16(19)17(14)22-18(20)21/h12,19H,4-11H2,1-3H3,(H,20,21). The van der Waals surface area contributed by atoms with Crippen LogP contribution < -0.4 is 4.74 Å². The first-order valence-corrected chi connectivity index (χ1v) is 8.32. The smallest absolute Gasteiger partial charge is 0.504 e. The normalized spacial score (nSPS) is 10.7. The van der Waals surface area contributed by atoms with Crippen LogP contribution in [0.3, 0.4) is 0 Å². The highest BCUT2D eigenvalue weighted by Gasteiger charge is 2.20. The third kappa shape index (κ3) is 4.93. The highest BCUT2D eigenvalue weighted by atomic mass is 16.7. The summed E-state index contributed by atoms with van der Waals surface area (Å²) in [6, 6.07) is 2.03. The van der Waals surface area contributed by atoms with Crippen LogP contribution in [0.5, 0.6) is 11.5 Å². The lowest BCUT2D eigenvalue weighted by Crippen LogP contribution is -2.08. The fraction of sp³-hybridized carbons (Fsp3) is 0.611. The second kappa shape index (κ2) is 9.34. The first kappa shape index (κ1) is 18.3. The lowest BCUT2D eigenvalue weighted by atomic mass is 9.93. The summed E-state index contributed by atoms with van der Waals surface area (Å²) in [7, 11) is 0. The minimum absolute atomic E-state index is 0.0155. The zero-order chi connectivity index (χ0) is 16.5. The van der Waals surface area contributed by atoms with Gasteiger partial charge in [-0.25, -0.2) is 4.79 Å². The number of carboxylic acid groups (broad SMARTS) is 1. The molecule has 4 nitrogen and oxygen atoms in total. The maximum atomic E-state index is 10.9. The highest BCUT2D eigenvalue weighted by molar-refractivity contribution is 5.66. The third-order valence-corrected chi connectivity index (χ3v) is 3.79. The molecule has 0 aliphatic heterocycles. The summed E-state index contributed by atoms with van der Waals surface area (Å²) in [5, 5.41) is 19.5. The predicted octanol–water partition coefficient (Wildman–Crippen LogP) is 5.09. The molecule has 4 heteroatoms. The molecule has 0 unspecified atom stereocenters. The second-order valence-electron chi connectivity index (χ2n) is 5.68. The Kier molecular flexibility index (Phi) is 7.78. The van der Waals surface area contributed by atoms with Crippen LogP contribution in [0.1, 0.15) is 69.6 Å². The van der Waals surface area contributed by atoms with E-state index < -0.39 is 6.16 Å². The number of ether oxygens (including phenoxy) is 1. The van der Waals surface area contributed by atoms with Gasteiger partial charge in [0.05, 0.1) is 0 Å². The van der Waals surface area contributed by atoms with E-state index >= 15 is 0 Å². The van der Waals surface area contributed by atoms with Gasteiger partial charge in [0.2, 0.25) is 0 Å². The molecule has 0 spiro atoms. The molecule has 0 aliphatic rings. The molecule has 0 saturated heterocycles. The van der Waals surface area contributed by atoms with Crippen LogP contribution in [0, 0.1) is 0 Å². The van der Waals surface area contributed by atoms with E-state index in [4.69, 9.17) is 9.84 Å². The Labute approximate surface area is 133 Å². The molecule has 1 aromatic rings. The number of unbranched alkanes of at least 4 members (excludes halogenated alkanes) is 2. The SMILES string of the molecule is CCCCCc1cc(CCC)c(CCC)c(O)c1OC(=O)O. The van der Waals surface area contributed by atoms with Crippen molar-refractivity contribution in [3.05, 3.63) is 22.8 Å². The Hall–Kier alpha value is -1.71. The molecule has 1 rings (SSSR count). The van der Waals surface area contributed by atoms with Gasteiger partial charge >= 0.3 is 6.16 Å². The molecular weight excluding hydrogens is 280 g/mol. The zero-order valence-corrected chi connectivity index (χ0v) is 13.9. The number of aromatic hydroxyl groups is 1. The van der Waals surface area contributed by atoms with Gasteiger partial charge in [-0.1, -0.05) is 52.5 Å². The average Bonchev–Trinajstić information content (AvgIpc) is 2.47. The average molecular weight is 308 g/mol. The lowest BCUT2D eigenvalue weighted by Gasteiger charge is -2.17. The number of carbonyl (C=O) groups is 1. The van der Waals surface area contributed by atoms with Crippen LogP contribution in [0.25, 0.3) is 0 Å². The molecule has 0 radical (unpaired) electrons. The van der Waals surface area contributed by atoms with E-state index in [0.29, 0.717) is 0 Å². The van der Waals surface area contributed by atoms with Crippen molar-refractivity contribution in [3.63, 3.8) is 0 Å². The summed E-state index contributed by atoms with van der Waals surface area (Å²) in [5.41, 5.74) is 2.75. The van der Waals surface area contributed by atoms with Gasteiger partial charge in [-0.3, -0.25) is 0 Å². The number of aryl methyl sites for hydroxylation is 2. The van der Waals surface area contributed by atoms with Gasteiger partial charge in [-0.2, -0.15) is 0 Å². The molecule has 0 saturated carbocycles. The molecule has 124 valence electrons. The maximum Gasteiger partial charge on any atom is 0.511 e. The molecule has 0 atom stereocenters. The van der Waals surface area contributed by atoms with Crippen LogP contribution >= 0.6 is 0 Å². The van der Waals surface area contributed by atoms with Gasteiger partial charge < -0.3 is 14.9 Å². The minimum Gasteiger partial charge on any atom is -0.504 e. The Balaban J connectivity index is 3.27. The van der Waals surface area contributed by atoms with E-state index in [-0.39, 0.29) is 11.5 Å². The molecule has 0 amide bonds. The van der Waals surface area contributed by atoms with Crippen LogP contribution in [0.15, 0.2) is 6.07 Å². The predicted molar refractivity (Wildman–Crippen MR) is 88.0 cm³/mol. The van der Waals surface area contributed by atoms with Crippen molar-refractivity contribution >= 4 is 6.16 Å². The summed E-state index contributed by atoms with van der Waals surface area (Å²) in [5.74, 6) is 0.147. The van der Waals surface area contributed by atoms with Crippen LogP contribution in [-0.4, -0.2) is 16.4 Å². The van der Waals surface area contributed by atoms with Crippen molar-refractivity contribution in [1.82, 2.24) is 0 Å². The van der Waals surface area contributed by atoms with Gasteiger partial charge in [-0.15, -0.1) is 0 Å². The number of rotatable bonds is 9. The minimum atomic E-state index is -1.38. The Morgan fingerprint density at radius 2 is 1.68 bits per heavy atom. The van der Waals surface area contributed by atoms with Crippen molar-refractivity contribution in [2.45, 2.75) is 72.1 Å². The van der Waals surface area contributed by atoms with Crippen molar-refractivity contribution in [3.8, 4) is 11.5 Å². The highest BCUT2D eigenvalue weighted by Crippen LogP contribution is 2.38. The topological polar surface area (TPSA) is 66.8 Å². The van der Waals surface area contributed by atoms with Gasteiger partial charge in [-0.05, 0) is 36.8 Å². The number of phenolic OH excluding ortho intramolecular Hbond substituents is 1. The first-order chi connectivity index (χ1) is 10.5. The lowest BCUT2D eigenvalue weighted by molar-refractivity contribution is 0.142. The fourth-order valence-electron chi connectivity index (χ4n) is 2.78. The summed E-state index contributed by atoms with van der Waals surface area (Å²) < 4.78 is 4.89. The van der Waals surface area contributed by atoms with E-state index in [1.807, 2.05) is 13.0 Å². The van der Waals surface area contributed by atoms with Crippen LogP contribution in [-0.2, 0) is 19.3 Å². The van der Waals surface area contributed by atoms with E-state index in [9.17, 15) is 9.90 Å². The van der Waals surface area contributed by atoms with Gasteiger partial charge in [0.25, 0.3) is 0 Å². The summed E-state index contributed by atoms with van der Waals surface area (Å²) in [6.07, 6.45) is 5.98. The van der Waals surface area contributed by atoms with Crippen molar-refractivity contribution in [2.75, 3.05) is 0 Å². The largest absolute Gasteiger partial charge is 0.511 e. The maximum absolute atomic E-state index is 10.9. The molecule has 0 heterocycles. The van der Waals surface area contributed by atoms with Crippen molar-refractivity contribution < 1.29 is 19.7 Å². The number of hydrogen-bond acceptors (Lipinski definition) is 3. The Morgan fingerprint density at radius 3 is 2.23 bits per heavy atom.